The molecule has 0 spiro atoms. The molecular weight excluding hydrogens is 416 g/mol. The van der Waals surface area contributed by atoms with Crippen LogP contribution in [0.15, 0.2) is 65.1 Å². The first-order chi connectivity index (χ1) is 13.4. The van der Waals surface area contributed by atoms with Crippen molar-refractivity contribution in [3.63, 3.8) is 0 Å². The first kappa shape index (κ1) is 20.2. The van der Waals surface area contributed by atoms with Crippen LogP contribution in [0.1, 0.15) is 51.0 Å². The van der Waals surface area contributed by atoms with Crippen LogP contribution in [0, 0.1) is 13.8 Å². The van der Waals surface area contributed by atoms with Gasteiger partial charge in [0.05, 0.1) is 0 Å². The summed E-state index contributed by atoms with van der Waals surface area (Å²) in [4.78, 5) is 12.7. The van der Waals surface area contributed by atoms with Gasteiger partial charge >= 0.3 is 5.97 Å². The van der Waals surface area contributed by atoms with Crippen molar-refractivity contribution in [1.29, 1.82) is 0 Å². The largest absolute Gasteiger partial charge is 0.507 e. The maximum absolute atomic E-state index is 12.7. The SMILES string of the molecule is Cc1cc(O)c(C(=O)OCc2ccccc2)c(C)c1C(C)c1ccc(Br)cc1. The van der Waals surface area contributed by atoms with E-state index < -0.39 is 5.97 Å². The summed E-state index contributed by atoms with van der Waals surface area (Å²) in [5.74, 6) is -0.475. The molecule has 144 valence electrons. The Balaban J connectivity index is 1.93. The van der Waals surface area contributed by atoms with Gasteiger partial charge in [0.15, 0.2) is 0 Å². The summed E-state index contributed by atoms with van der Waals surface area (Å²) in [7, 11) is 0. The van der Waals surface area contributed by atoms with Crippen molar-refractivity contribution in [3.05, 3.63) is 98.5 Å². The summed E-state index contributed by atoms with van der Waals surface area (Å²) >= 11 is 3.46. The quantitative estimate of drug-likeness (QED) is 0.476. The van der Waals surface area contributed by atoms with E-state index in [9.17, 15) is 9.90 Å². The van der Waals surface area contributed by atoms with E-state index in [0.29, 0.717) is 0 Å². The van der Waals surface area contributed by atoms with Gasteiger partial charge in [-0.15, -0.1) is 0 Å². The second kappa shape index (κ2) is 8.61. The third kappa shape index (κ3) is 4.28. The standard InChI is InChI=1S/C24H23BrO3/c1-15-13-21(26)23(24(27)28-14-18-7-5-4-6-8-18)17(3)22(15)16(2)19-9-11-20(25)12-10-19/h4-13,16,26H,14H2,1-3H3. The van der Waals surface area contributed by atoms with Gasteiger partial charge in [0.2, 0.25) is 0 Å². The second-order valence-corrected chi connectivity index (χ2v) is 7.88. The molecule has 1 N–H and O–H groups in total. The van der Waals surface area contributed by atoms with Crippen LogP contribution in [0.2, 0.25) is 0 Å². The van der Waals surface area contributed by atoms with Crippen LogP contribution in [0.5, 0.6) is 5.75 Å². The Morgan fingerprint density at radius 3 is 2.36 bits per heavy atom. The molecule has 0 radical (unpaired) electrons. The molecular formula is C24H23BrO3. The van der Waals surface area contributed by atoms with E-state index in [-0.39, 0.29) is 23.8 Å². The summed E-state index contributed by atoms with van der Waals surface area (Å²) in [6.07, 6.45) is 0. The minimum Gasteiger partial charge on any atom is -0.507 e. The van der Waals surface area contributed by atoms with E-state index in [0.717, 1.165) is 32.3 Å². The van der Waals surface area contributed by atoms with Crippen LogP contribution in [0.25, 0.3) is 0 Å². The zero-order valence-corrected chi connectivity index (χ0v) is 17.8. The molecule has 1 unspecified atom stereocenters. The first-order valence-corrected chi connectivity index (χ1v) is 9.97. The van der Waals surface area contributed by atoms with Gasteiger partial charge in [-0.05, 0) is 59.9 Å². The number of phenols is 1. The van der Waals surface area contributed by atoms with E-state index in [1.54, 1.807) is 6.07 Å². The number of phenolic OH excluding ortho intramolecular Hbond substituents is 1. The van der Waals surface area contributed by atoms with Crippen molar-refractivity contribution in [2.75, 3.05) is 0 Å². The van der Waals surface area contributed by atoms with Gasteiger partial charge in [-0.25, -0.2) is 4.79 Å². The molecule has 28 heavy (non-hydrogen) atoms. The maximum Gasteiger partial charge on any atom is 0.342 e. The molecule has 3 aromatic rings. The number of rotatable bonds is 5. The Hall–Kier alpha value is -2.59. The number of ether oxygens (including phenoxy) is 1. The van der Waals surface area contributed by atoms with Crippen molar-refractivity contribution < 1.29 is 14.6 Å². The fourth-order valence-electron chi connectivity index (χ4n) is 3.61. The van der Waals surface area contributed by atoms with Crippen molar-refractivity contribution in [1.82, 2.24) is 0 Å². The lowest BCUT2D eigenvalue weighted by atomic mass is 9.84. The lowest BCUT2D eigenvalue weighted by Gasteiger charge is -2.21. The van der Waals surface area contributed by atoms with Gasteiger partial charge < -0.3 is 9.84 Å². The highest BCUT2D eigenvalue weighted by molar-refractivity contribution is 9.10. The minimum atomic E-state index is -0.511. The zero-order valence-electron chi connectivity index (χ0n) is 16.2. The number of hydrogen-bond donors (Lipinski definition) is 1. The number of carbonyl (C=O) groups is 1. The second-order valence-electron chi connectivity index (χ2n) is 6.96. The van der Waals surface area contributed by atoms with Crippen molar-refractivity contribution in [2.45, 2.75) is 33.3 Å². The highest BCUT2D eigenvalue weighted by Crippen LogP contribution is 2.36. The topological polar surface area (TPSA) is 46.5 Å². The molecule has 4 heteroatoms. The molecule has 1 atom stereocenters. The fraction of sp³-hybridized carbons (Fsp3) is 0.208. The van der Waals surface area contributed by atoms with E-state index >= 15 is 0 Å². The molecule has 0 aliphatic rings. The smallest absolute Gasteiger partial charge is 0.342 e. The zero-order chi connectivity index (χ0) is 20.3. The Morgan fingerprint density at radius 1 is 1.07 bits per heavy atom. The summed E-state index contributed by atoms with van der Waals surface area (Å²) in [6, 6.07) is 19.3. The molecule has 0 bridgehead atoms. The first-order valence-electron chi connectivity index (χ1n) is 9.18. The van der Waals surface area contributed by atoms with Crippen LogP contribution < -0.4 is 0 Å². The Kier molecular flexibility index (Phi) is 6.20. The molecule has 0 amide bonds. The number of aromatic hydroxyl groups is 1. The van der Waals surface area contributed by atoms with E-state index in [1.165, 1.54) is 0 Å². The van der Waals surface area contributed by atoms with Crippen molar-refractivity contribution >= 4 is 21.9 Å². The summed E-state index contributed by atoms with van der Waals surface area (Å²) in [5.41, 5.74) is 5.02. The number of aryl methyl sites for hydroxylation is 1. The Labute approximate surface area is 174 Å². The van der Waals surface area contributed by atoms with Gasteiger partial charge in [0.25, 0.3) is 0 Å². The lowest BCUT2D eigenvalue weighted by Crippen LogP contribution is -2.12. The average Bonchev–Trinajstić information content (AvgIpc) is 2.67. The van der Waals surface area contributed by atoms with Crippen LogP contribution in [-0.4, -0.2) is 11.1 Å². The van der Waals surface area contributed by atoms with Gasteiger partial charge in [-0.2, -0.15) is 0 Å². The summed E-state index contributed by atoms with van der Waals surface area (Å²) < 4.78 is 6.49. The molecule has 0 aliphatic heterocycles. The molecule has 0 fully saturated rings. The highest BCUT2D eigenvalue weighted by Gasteiger charge is 2.23. The third-order valence-electron chi connectivity index (χ3n) is 5.03. The molecule has 0 heterocycles. The van der Waals surface area contributed by atoms with E-state index in [2.05, 4.69) is 35.0 Å². The third-order valence-corrected chi connectivity index (χ3v) is 5.56. The monoisotopic (exact) mass is 438 g/mol. The van der Waals surface area contributed by atoms with Crippen LogP contribution in [-0.2, 0) is 11.3 Å². The van der Waals surface area contributed by atoms with E-state index in [4.69, 9.17) is 4.74 Å². The van der Waals surface area contributed by atoms with Crippen molar-refractivity contribution in [3.8, 4) is 5.75 Å². The Bertz CT molecular complexity index is 979. The van der Waals surface area contributed by atoms with Crippen LogP contribution >= 0.6 is 15.9 Å². The minimum absolute atomic E-state index is 0.0418. The lowest BCUT2D eigenvalue weighted by molar-refractivity contribution is 0.0468. The molecule has 3 rings (SSSR count). The molecule has 0 saturated heterocycles. The predicted octanol–water partition coefficient (Wildman–Crippen LogP) is 6.28. The fourth-order valence-corrected chi connectivity index (χ4v) is 3.88. The molecule has 3 nitrogen and oxygen atoms in total. The number of halogens is 1. The Morgan fingerprint density at radius 2 is 1.71 bits per heavy atom. The van der Waals surface area contributed by atoms with Crippen LogP contribution in [0.3, 0.4) is 0 Å². The molecule has 0 aliphatic carbocycles. The normalized spacial score (nSPS) is 11.9. The van der Waals surface area contributed by atoms with Crippen LogP contribution in [0.4, 0.5) is 0 Å². The van der Waals surface area contributed by atoms with Gasteiger partial charge in [0.1, 0.15) is 17.9 Å². The predicted molar refractivity (Wildman–Crippen MR) is 115 cm³/mol. The summed E-state index contributed by atoms with van der Waals surface area (Å²) in [6.45, 7) is 6.10. The van der Waals surface area contributed by atoms with Gasteiger partial charge in [0, 0.05) is 10.4 Å². The van der Waals surface area contributed by atoms with Gasteiger partial charge in [-0.3, -0.25) is 0 Å². The number of esters is 1. The highest BCUT2D eigenvalue weighted by atomic mass is 79.9. The maximum atomic E-state index is 12.7. The number of hydrogen-bond acceptors (Lipinski definition) is 3. The number of benzene rings is 3. The summed E-state index contributed by atoms with van der Waals surface area (Å²) in [5, 5.41) is 10.4. The molecule has 0 aromatic heterocycles. The molecule has 0 saturated carbocycles. The number of carbonyl (C=O) groups excluding carboxylic acids is 1. The van der Waals surface area contributed by atoms with Crippen molar-refractivity contribution in [2.24, 2.45) is 0 Å². The average molecular weight is 439 g/mol. The molecule has 3 aromatic carbocycles. The van der Waals surface area contributed by atoms with E-state index in [1.807, 2.05) is 56.3 Å². The van der Waals surface area contributed by atoms with Gasteiger partial charge in [-0.1, -0.05) is 65.3 Å².